The van der Waals surface area contributed by atoms with Crippen LogP contribution in [0.2, 0.25) is 0 Å². The van der Waals surface area contributed by atoms with Crippen molar-refractivity contribution in [3.63, 3.8) is 0 Å². The molecule has 6 heteroatoms. The Hall–Kier alpha value is -2.37. The molecule has 0 aliphatic carbocycles. The van der Waals surface area contributed by atoms with Crippen LogP contribution < -0.4 is 16.4 Å². The van der Waals surface area contributed by atoms with Crippen LogP contribution in [0.1, 0.15) is 24.9 Å². The first kappa shape index (κ1) is 20.7. The van der Waals surface area contributed by atoms with Gasteiger partial charge in [-0.05, 0) is 17.7 Å². The Morgan fingerprint density at radius 1 is 1.00 bits per heavy atom. The van der Waals surface area contributed by atoms with Crippen LogP contribution in [0.5, 0.6) is 0 Å². The van der Waals surface area contributed by atoms with Gasteiger partial charge in [0.1, 0.15) is 0 Å². The number of para-hydroxylation sites is 1. The third-order valence-corrected chi connectivity index (χ3v) is 3.85. The highest BCUT2D eigenvalue weighted by Gasteiger charge is 2.21. The quantitative estimate of drug-likeness (QED) is 0.709. The molecule has 0 radical (unpaired) electrons. The summed E-state index contributed by atoms with van der Waals surface area (Å²) in [5, 5.41) is 5.55. The predicted octanol–water partition coefficient (Wildman–Crippen LogP) is 2.89. The van der Waals surface area contributed by atoms with Crippen molar-refractivity contribution in [3.05, 3.63) is 66.2 Å². The van der Waals surface area contributed by atoms with E-state index in [0.29, 0.717) is 0 Å². The Morgan fingerprint density at radius 2 is 1.56 bits per heavy atom. The van der Waals surface area contributed by atoms with Gasteiger partial charge in [0, 0.05) is 24.7 Å². The standard InChI is InChI=1S/C19H23N3O2.ClH/c1-14(18(20)15-8-4-2-5-9-15)19(24)21-13-12-17(23)22-16-10-6-3-7-11-16;/h2-11,14,18H,12-13,20H2,1H3,(H,21,24)(H,22,23);1H. The number of anilines is 1. The molecule has 0 aliphatic rings. The fraction of sp³-hybridized carbons (Fsp3) is 0.263. The molecule has 0 aliphatic heterocycles. The Labute approximate surface area is 154 Å². The van der Waals surface area contributed by atoms with Gasteiger partial charge in [-0.1, -0.05) is 55.5 Å². The number of carbonyl (C=O) groups is 2. The Morgan fingerprint density at radius 3 is 2.16 bits per heavy atom. The summed E-state index contributed by atoms with van der Waals surface area (Å²) < 4.78 is 0. The number of nitrogens with two attached hydrogens (primary N) is 1. The number of hydrogen-bond donors (Lipinski definition) is 3. The summed E-state index contributed by atoms with van der Waals surface area (Å²) in [6.45, 7) is 2.07. The number of rotatable bonds is 7. The van der Waals surface area contributed by atoms with Crippen molar-refractivity contribution >= 4 is 29.9 Å². The van der Waals surface area contributed by atoms with Gasteiger partial charge >= 0.3 is 0 Å². The number of amides is 2. The Kier molecular flexibility index (Phi) is 8.67. The van der Waals surface area contributed by atoms with E-state index in [1.54, 1.807) is 6.92 Å². The zero-order chi connectivity index (χ0) is 17.4. The van der Waals surface area contributed by atoms with Crippen molar-refractivity contribution in [2.24, 2.45) is 11.7 Å². The van der Waals surface area contributed by atoms with Crippen LogP contribution >= 0.6 is 12.4 Å². The lowest BCUT2D eigenvalue weighted by Crippen LogP contribution is -2.36. The minimum Gasteiger partial charge on any atom is -0.355 e. The number of carbonyl (C=O) groups excluding carboxylic acids is 2. The van der Waals surface area contributed by atoms with E-state index >= 15 is 0 Å². The number of benzene rings is 2. The molecule has 2 aromatic carbocycles. The molecule has 0 saturated heterocycles. The Balaban J connectivity index is 0.00000312. The largest absolute Gasteiger partial charge is 0.355 e. The molecule has 2 atom stereocenters. The summed E-state index contributed by atoms with van der Waals surface area (Å²) in [6, 6.07) is 18.4. The molecular weight excluding hydrogens is 338 g/mol. The molecule has 0 fully saturated rings. The fourth-order valence-electron chi connectivity index (χ4n) is 2.33. The average molecular weight is 362 g/mol. The highest BCUT2D eigenvalue weighted by molar-refractivity contribution is 5.91. The maximum Gasteiger partial charge on any atom is 0.226 e. The van der Waals surface area contributed by atoms with Crippen LogP contribution in [0.15, 0.2) is 60.7 Å². The smallest absolute Gasteiger partial charge is 0.226 e. The molecule has 0 spiro atoms. The molecule has 5 nitrogen and oxygen atoms in total. The fourth-order valence-corrected chi connectivity index (χ4v) is 2.33. The van der Waals surface area contributed by atoms with Crippen molar-refractivity contribution in [1.82, 2.24) is 5.32 Å². The lowest BCUT2D eigenvalue weighted by Gasteiger charge is -2.19. The topological polar surface area (TPSA) is 84.2 Å². The molecule has 2 aromatic rings. The summed E-state index contributed by atoms with van der Waals surface area (Å²) >= 11 is 0. The first-order chi connectivity index (χ1) is 11.6. The van der Waals surface area contributed by atoms with Gasteiger partial charge < -0.3 is 16.4 Å². The average Bonchev–Trinajstić information content (AvgIpc) is 2.62. The maximum atomic E-state index is 12.2. The predicted molar refractivity (Wildman–Crippen MR) is 102 cm³/mol. The lowest BCUT2D eigenvalue weighted by molar-refractivity contribution is -0.125. The second-order valence-corrected chi connectivity index (χ2v) is 5.68. The number of halogens is 1. The number of hydrogen-bond acceptors (Lipinski definition) is 3. The van der Waals surface area contributed by atoms with Crippen molar-refractivity contribution in [2.45, 2.75) is 19.4 Å². The minimum absolute atomic E-state index is 0. The number of nitrogens with one attached hydrogen (secondary N) is 2. The summed E-state index contributed by atoms with van der Waals surface area (Å²) in [6.07, 6.45) is 0.216. The van der Waals surface area contributed by atoms with Crippen molar-refractivity contribution < 1.29 is 9.59 Å². The molecule has 4 N–H and O–H groups in total. The molecule has 0 aromatic heterocycles. The van der Waals surface area contributed by atoms with E-state index < -0.39 is 0 Å². The van der Waals surface area contributed by atoms with Crippen LogP contribution in [0, 0.1) is 5.92 Å². The third kappa shape index (κ3) is 6.57. The SMILES string of the molecule is CC(C(=O)NCCC(=O)Nc1ccccc1)C(N)c1ccccc1.Cl. The van der Waals surface area contributed by atoms with E-state index in [1.165, 1.54) is 0 Å². The van der Waals surface area contributed by atoms with Crippen LogP contribution in [0.3, 0.4) is 0 Å². The van der Waals surface area contributed by atoms with Gasteiger partial charge in [-0.2, -0.15) is 0 Å². The molecular formula is C19H24ClN3O2. The third-order valence-electron chi connectivity index (χ3n) is 3.85. The normalized spacial score (nSPS) is 12.4. The molecule has 0 bridgehead atoms. The molecule has 2 rings (SSSR count). The summed E-state index contributed by atoms with van der Waals surface area (Å²) in [5.74, 6) is -0.662. The summed E-state index contributed by atoms with van der Waals surface area (Å²) in [7, 11) is 0. The minimum atomic E-state index is -0.371. The van der Waals surface area contributed by atoms with Crippen LogP contribution in [0.25, 0.3) is 0 Å². The molecule has 25 heavy (non-hydrogen) atoms. The van der Waals surface area contributed by atoms with Gasteiger partial charge in [0.25, 0.3) is 0 Å². The summed E-state index contributed by atoms with van der Waals surface area (Å²) in [5.41, 5.74) is 7.80. The van der Waals surface area contributed by atoms with Gasteiger partial charge in [0.05, 0.1) is 5.92 Å². The van der Waals surface area contributed by atoms with Gasteiger partial charge in [0.15, 0.2) is 0 Å². The van der Waals surface area contributed by atoms with E-state index in [2.05, 4.69) is 10.6 Å². The second-order valence-electron chi connectivity index (χ2n) is 5.68. The first-order valence-electron chi connectivity index (χ1n) is 8.01. The van der Waals surface area contributed by atoms with E-state index in [-0.39, 0.29) is 49.1 Å². The highest BCUT2D eigenvalue weighted by Crippen LogP contribution is 2.18. The summed E-state index contributed by atoms with van der Waals surface area (Å²) in [4.78, 5) is 24.0. The first-order valence-corrected chi connectivity index (χ1v) is 8.01. The van der Waals surface area contributed by atoms with E-state index in [4.69, 9.17) is 5.73 Å². The molecule has 134 valence electrons. The zero-order valence-corrected chi connectivity index (χ0v) is 15.0. The van der Waals surface area contributed by atoms with Crippen molar-refractivity contribution in [2.75, 3.05) is 11.9 Å². The zero-order valence-electron chi connectivity index (χ0n) is 14.1. The monoisotopic (exact) mass is 361 g/mol. The van der Waals surface area contributed by atoms with Gasteiger partial charge in [-0.15, -0.1) is 12.4 Å². The lowest BCUT2D eigenvalue weighted by atomic mass is 9.95. The van der Waals surface area contributed by atoms with Crippen LogP contribution in [-0.4, -0.2) is 18.4 Å². The van der Waals surface area contributed by atoms with E-state index in [9.17, 15) is 9.59 Å². The molecule has 0 heterocycles. The molecule has 2 amide bonds. The van der Waals surface area contributed by atoms with Gasteiger partial charge in [-0.25, -0.2) is 0 Å². The van der Waals surface area contributed by atoms with Crippen LogP contribution in [0.4, 0.5) is 5.69 Å². The highest BCUT2D eigenvalue weighted by atomic mass is 35.5. The molecule has 0 saturated carbocycles. The second kappa shape index (κ2) is 10.5. The Bertz CT molecular complexity index is 665. The van der Waals surface area contributed by atoms with Crippen molar-refractivity contribution in [1.29, 1.82) is 0 Å². The van der Waals surface area contributed by atoms with E-state index in [0.717, 1.165) is 11.3 Å². The van der Waals surface area contributed by atoms with Gasteiger partial charge in [-0.3, -0.25) is 9.59 Å². The van der Waals surface area contributed by atoms with Crippen LogP contribution in [-0.2, 0) is 9.59 Å². The van der Waals surface area contributed by atoms with Crippen molar-refractivity contribution in [3.8, 4) is 0 Å². The maximum absolute atomic E-state index is 12.2. The van der Waals surface area contributed by atoms with Gasteiger partial charge in [0.2, 0.25) is 11.8 Å². The van der Waals surface area contributed by atoms with E-state index in [1.807, 2.05) is 60.7 Å². The molecule has 2 unspecified atom stereocenters.